The molecule has 1 aromatic carbocycles. The van der Waals surface area contributed by atoms with Gasteiger partial charge in [-0.15, -0.1) is 0 Å². The van der Waals surface area contributed by atoms with Gasteiger partial charge in [-0.05, 0) is 0 Å². The molecule has 0 fully saturated rings. The van der Waals surface area contributed by atoms with Gasteiger partial charge in [0, 0.05) is 0 Å². The third kappa shape index (κ3) is 2.24. The molecular weight excluding hydrogens is 265 g/mol. The first-order valence-corrected chi connectivity index (χ1v) is 12.7. The quantitative estimate of drug-likeness (QED) is 0.535. The Kier molecular flexibility index (Phi) is 3.28. The van der Waals surface area contributed by atoms with Crippen LogP contribution in [0.5, 0.6) is 0 Å². The molecule has 1 heterocycles. The average Bonchev–Trinajstić information content (AvgIpc) is 2.38. The summed E-state index contributed by atoms with van der Waals surface area (Å²) in [5.74, 6) is 2.62. The molecule has 1 aliphatic rings. The maximum atomic E-state index is 2.62. The van der Waals surface area contributed by atoms with Crippen molar-refractivity contribution in [2.24, 2.45) is 0 Å². The Morgan fingerprint density at radius 1 is 0.824 bits per heavy atom. The van der Waals surface area contributed by atoms with Crippen molar-refractivity contribution in [3.8, 4) is 0 Å². The van der Waals surface area contributed by atoms with E-state index in [1.165, 1.54) is 16.1 Å². The Bertz CT molecular complexity index is 457. The normalized spacial score (nSPS) is 18.9. The van der Waals surface area contributed by atoms with Crippen LogP contribution in [0.2, 0.25) is 16.3 Å². The maximum absolute atomic E-state index is 2.62. The number of rotatable bonds is 1. The Morgan fingerprint density at radius 3 is 1.65 bits per heavy atom. The van der Waals surface area contributed by atoms with Crippen LogP contribution in [0.15, 0.2) is 23.3 Å². The fourth-order valence-electron chi connectivity index (χ4n) is 3.84. The van der Waals surface area contributed by atoms with Crippen LogP contribution in [-0.4, -0.2) is 13.3 Å². The van der Waals surface area contributed by atoms with E-state index in [0.29, 0.717) is 0 Å². The molecule has 0 saturated carbocycles. The van der Waals surface area contributed by atoms with Gasteiger partial charge in [-0.3, -0.25) is 0 Å². The zero-order valence-corrected chi connectivity index (χ0v) is 14.2. The van der Waals surface area contributed by atoms with Crippen LogP contribution in [0, 0.1) is 20.8 Å². The van der Waals surface area contributed by atoms with E-state index in [2.05, 4.69) is 52.5 Å². The first-order valence-electron chi connectivity index (χ1n) is 6.57. The van der Waals surface area contributed by atoms with Crippen LogP contribution in [0.4, 0.5) is 0 Å². The van der Waals surface area contributed by atoms with Crippen LogP contribution in [0.3, 0.4) is 0 Å². The molecule has 0 amide bonds. The molecule has 0 radical (unpaired) electrons. The molecule has 1 aromatic rings. The molecule has 1 heteroatoms. The van der Waals surface area contributed by atoms with Crippen molar-refractivity contribution in [2.75, 3.05) is 0 Å². The summed E-state index contributed by atoms with van der Waals surface area (Å²) < 4.78 is 1.77. The summed E-state index contributed by atoms with van der Waals surface area (Å²) in [6, 6.07) is 4.75. The molecule has 0 aliphatic carbocycles. The third-order valence-corrected chi connectivity index (χ3v) is 14.0. The number of aryl methyl sites for hydroxylation is 3. The van der Waals surface area contributed by atoms with Crippen LogP contribution in [0.1, 0.15) is 30.5 Å². The summed E-state index contributed by atoms with van der Waals surface area (Å²) >= 11 is -1.84. The van der Waals surface area contributed by atoms with Crippen molar-refractivity contribution < 1.29 is 0 Å². The zero-order valence-electron chi connectivity index (χ0n) is 12.1. The molecule has 2 rings (SSSR count). The van der Waals surface area contributed by atoms with E-state index in [1.807, 2.05) is 0 Å². The minimum atomic E-state index is -1.84. The summed E-state index contributed by atoms with van der Waals surface area (Å²) in [5.41, 5.74) is 7.85. The van der Waals surface area contributed by atoms with Gasteiger partial charge in [0.2, 0.25) is 0 Å². The molecule has 0 aromatic heterocycles. The van der Waals surface area contributed by atoms with E-state index < -0.39 is 13.3 Å². The van der Waals surface area contributed by atoms with Crippen molar-refractivity contribution in [1.82, 2.24) is 0 Å². The Labute approximate surface area is 108 Å². The van der Waals surface area contributed by atoms with Crippen molar-refractivity contribution in [1.29, 1.82) is 0 Å². The molecule has 0 N–H and O–H groups in total. The van der Waals surface area contributed by atoms with E-state index in [-0.39, 0.29) is 0 Å². The molecular formula is C16H24Ge. The molecule has 0 spiro atoms. The first kappa shape index (κ1) is 12.9. The summed E-state index contributed by atoms with van der Waals surface area (Å²) in [4.78, 5) is 0. The predicted octanol–water partition coefficient (Wildman–Crippen LogP) is 4.25. The van der Waals surface area contributed by atoms with Gasteiger partial charge in [-0.25, -0.2) is 0 Å². The fraction of sp³-hybridized carbons (Fsp3) is 0.500. The number of allylic oxidation sites excluding steroid dienone is 2. The molecule has 92 valence electrons. The molecule has 0 atom stereocenters. The molecule has 17 heavy (non-hydrogen) atoms. The van der Waals surface area contributed by atoms with Gasteiger partial charge in [-0.2, -0.15) is 0 Å². The number of benzene rings is 1. The summed E-state index contributed by atoms with van der Waals surface area (Å²) in [7, 11) is 0. The summed E-state index contributed by atoms with van der Waals surface area (Å²) in [6.07, 6.45) is 0. The summed E-state index contributed by atoms with van der Waals surface area (Å²) in [6.45, 7) is 11.5. The van der Waals surface area contributed by atoms with Gasteiger partial charge in [-0.1, -0.05) is 0 Å². The number of hydrogen-bond donors (Lipinski definition) is 0. The van der Waals surface area contributed by atoms with Gasteiger partial charge >= 0.3 is 109 Å². The molecule has 0 saturated heterocycles. The van der Waals surface area contributed by atoms with E-state index in [1.54, 1.807) is 26.7 Å². The van der Waals surface area contributed by atoms with E-state index in [9.17, 15) is 0 Å². The molecule has 0 nitrogen and oxygen atoms in total. The average molecular weight is 289 g/mol. The van der Waals surface area contributed by atoms with Crippen molar-refractivity contribution >= 4 is 17.7 Å². The molecule has 0 bridgehead atoms. The first-order chi connectivity index (χ1) is 7.83. The standard InChI is InChI=1S/C16H24Ge/c1-11-7-12(2)16(13(3)8-11)17(6)9-14(4)15(5)10-17/h7-8H,9-10H2,1-6H3. The Morgan fingerprint density at radius 2 is 1.24 bits per heavy atom. The van der Waals surface area contributed by atoms with Gasteiger partial charge in [0.05, 0.1) is 0 Å². The SMILES string of the molecule is CC1=C(C)[CH2][Ge]([CH3])([c]2c(C)cc(C)cc2C)[CH2]1. The van der Waals surface area contributed by atoms with E-state index >= 15 is 0 Å². The third-order valence-electron chi connectivity index (χ3n) is 4.32. The second-order valence-electron chi connectivity index (χ2n) is 6.25. The van der Waals surface area contributed by atoms with Crippen LogP contribution in [-0.2, 0) is 0 Å². The second-order valence-corrected chi connectivity index (χ2v) is 15.3. The van der Waals surface area contributed by atoms with Gasteiger partial charge in [0.1, 0.15) is 0 Å². The molecule has 1 aliphatic heterocycles. The Balaban J connectivity index is 2.50. The monoisotopic (exact) mass is 290 g/mol. The summed E-state index contributed by atoms with van der Waals surface area (Å²) in [5, 5.41) is 2.83. The second kappa shape index (κ2) is 4.31. The Hall–Kier alpha value is -0.497. The van der Waals surface area contributed by atoms with Gasteiger partial charge in [0.15, 0.2) is 0 Å². The zero-order chi connectivity index (χ0) is 12.8. The van der Waals surface area contributed by atoms with Crippen molar-refractivity contribution in [3.63, 3.8) is 0 Å². The predicted molar refractivity (Wildman–Crippen MR) is 79.9 cm³/mol. The van der Waals surface area contributed by atoms with Crippen LogP contribution in [0.25, 0.3) is 0 Å². The van der Waals surface area contributed by atoms with Crippen LogP contribution < -0.4 is 4.40 Å². The minimum absolute atomic E-state index is 1.41. The van der Waals surface area contributed by atoms with Crippen LogP contribution >= 0.6 is 0 Å². The van der Waals surface area contributed by atoms with Crippen molar-refractivity contribution in [2.45, 2.75) is 50.9 Å². The van der Waals surface area contributed by atoms with E-state index in [4.69, 9.17) is 0 Å². The van der Waals surface area contributed by atoms with Gasteiger partial charge in [0.25, 0.3) is 0 Å². The fourth-order valence-corrected chi connectivity index (χ4v) is 15.3. The number of hydrogen-bond acceptors (Lipinski definition) is 0. The van der Waals surface area contributed by atoms with Crippen molar-refractivity contribution in [3.05, 3.63) is 40.0 Å². The van der Waals surface area contributed by atoms with E-state index in [0.717, 1.165) is 0 Å². The van der Waals surface area contributed by atoms with Gasteiger partial charge < -0.3 is 0 Å². The topological polar surface area (TPSA) is 0 Å². The molecule has 0 unspecified atom stereocenters.